The van der Waals surface area contributed by atoms with Gasteiger partial charge in [-0.15, -0.1) is 0 Å². The van der Waals surface area contributed by atoms with Gasteiger partial charge in [0.2, 0.25) is 5.78 Å². The number of ether oxygens (including phenoxy) is 1. The largest absolute Gasteiger partial charge is 0.364 e. The summed E-state index contributed by atoms with van der Waals surface area (Å²) in [6.07, 6.45) is 0. The minimum absolute atomic E-state index is 0.113. The second-order valence-electron chi connectivity index (χ2n) is 7.06. The van der Waals surface area contributed by atoms with Crippen LogP contribution in [0.25, 0.3) is 5.57 Å². The van der Waals surface area contributed by atoms with Gasteiger partial charge in [-0.05, 0) is 31.9 Å². The van der Waals surface area contributed by atoms with Crippen LogP contribution in [-0.4, -0.2) is 24.3 Å². The fourth-order valence-corrected chi connectivity index (χ4v) is 3.79. The summed E-state index contributed by atoms with van der Waals surface area (Å²) < 4.78 is 5.81. The molecule has 25 heavy (non-hydrogen) atoms. The molecule has 0 aromatic heterocycles. The minimum Gasteiger partial charge on any atom is -0.364 e. The summed E-state index contributed by atoms with van der Waals surface area (Å²) in [7, 11) is 1.47. The topological polar surface area (TPSA) is 43.4 Å². The van der Waals surface area contributed by atoms with Crippen molar-refractivity contribution < 1.29 is 14.3 Å². The number of carbonyl (C=O) groups is 2. The molecule has 0 N–H and O–H groups in total. The van der Waals surface area contributed by atoms with Gasteiger partial charge in [-0.25, -0.2) is 0 Å². The molecule has 3 nitrogen and oxygen atoms in total. The van der Waals surface area contributed by atoms with Crippen LogP contribution in [0.2, 0.25) is 0 Å². The Balaban J connectivity index is 2.26. The Hall–Kier alpha value is -2.52. The third-order valence-electron chi connectivity index (χ3n) is 5.32. The van der Waals surface area contributed by atoms with Crippen LogP contribution in [0.4, 0.5) is 0 Å². The molecule has 128 valence electrons. The van der Waals surface area contributed by atoms with Gasteiger partial charge in [-0.2, -0.15) is 0 Å². The predicted molar refractivity (Wildman–Crippen MR) is 98.8 cm³/mol. The summed E-state index contributed by atoms with van der Waals surface area (Å²) in [5, 5.41) is 0. The standard InChI is InChI=1S/C22H22O3/c1-14-10-12-16(13-11-14)15(2)22(25-5)20(24)18-9-7-6-8-17(18)19(23)21(22,3)4/h6-13H,2H2,1,3-5H3. The molecular weight excluding hydrogens is 312 g/mol. The van der Waals surface area contributed by atoms with E-state index in [1.165, 1.54) is 7.11 Å². The third kappa shape index (κ3) is 2.23. The molecular formula is C22H22O3. The molecule has 0 aliphatic heterocycles. The van der Waals surface area contributed by atoms with Crippen LogP contribution >= 0.6 is 0 Å². The zero-order valence-corrected chi connectivity index (χ0v) is 15.1. The number of carbonyl (C=O) groups excluding carboxylic acids is 2. The van der Waals surface area contributed by atoms with Crippen molar-refractivity contribution in [2.75, 3.05) is 7.11 Å². The summed E-state index contributed by atoms with van der Waals surface area (Å²) >= 11 is 0. The van der Waals surface area contributed by atoms with Crippen molar-refractivity contribution in [2.24, 2.45) is 5.41 Å². The van der Waals surface area contributed by atoms with E-state index in [9.17, 15) is 9.59 Å². The highest BCUT2D eigenvalue weighted by Gasteiger charge is 2.61. The molecule has 1 aliphatic carbocycles. The van der Waals surface area contributed by atoms with Gasteiger partial charge in [0.1, 0.15) is 0 Å². The highest BCUT2D eigenvalue weighted by molar-refractivity contribution is 6.24. The van der Waals surface area contributed by atoms with Crippen LogP contribution in [0, 0.1) is 12.3 Å². The van der Waals surface area contributed by atoms with Gasteiger partial charge in [0.25, 0.3) is 0 Å². The molecule has 2 aromatic rings. The van der Waals surface area contributed by atoms with Crippen LogP contribution in [-0.2, 0) is 4.74 Å². The van der Waals surface area contributed by atoms with Gasteiger partial charge >= 0.3 is 0 Å². The number of ketones is 2. The minimum atomic E-state index is -1.44. The monoisotopic (exact) mass is 334 g/mol. The lowest BCUT2D eigenvalue weighted by molar-refractivity contribution is -0.0242. The second kappa shape index (κ2) is 5.78. The van der Waals surface area contributed by atoms with Gasteiger partial charge in [-0.1, -0.05) is 60.7 Å². The van der Waals surface area contributed by atoms with Crippen LogP contribution in [0.1, 0.15) is 45.7 Å². The zero-order chi connectivity index (χ0) is 18.4. The van der Waals surface area contributed by atoms with E-state index in [4.69, 9.17) is 4.74 Å². The number of benzene rings is 2. The fourth-order valence-electron chi connectivity index (χ4n) is 3.79. The van der Waals surface area contributed by atoms with Crippen molar-refractivity contribution in [3.8, 4) is 0 Å². The molecule has 0 bridgehead atoms. The summed E-state index contributed by atoms with van der Waals surface area (Å²) in [6.45, 7) is 9.68. The van der Waals surface area contributed by atoms with E-state index in [0.29, 0.717) is 16.7 Å². The SMILES string of the molecule is C=C(c1ccc(C)cc1)C1(OC)C(=O)c2ccccc2C(=O)C1(C)C. The number of aryl methyl sites for hydroxylation is 1. The van der Waals surface area contributed by atoms with Crippen LogP contribution < -0.4 is 0 Å². The lowest BCUT2D eigenvalue weighted by Crippen LogP contribution is -2.60. The first-order chi connectivity index (χ1) is 11.8. The van der Waals surface area contributed by atoms with Gasteiger partial charge in [0.05, 0.1) is 5.41 Å². The highest BCUT2D eigenvalue weighted by atomic mass is 16.5. The molecule has 0 amide bonds. The number of hydrogen-bond acceptors (Lipinski definition) is 3. The Bertz CT molecular complexity index is 874. The lowest BCUT2D eigenvalue weighted by Gasteiger charge is -2.47. The maximum absolute atomic E-state index is 13.5. The van der Waals surface area contributed by atoms with Crippen molar-refractivity contribution in [1.82, 2.24) is 0 Å². The third-order valence-corrected chi connectivity index (χ3v) is 5.32. The average molecular weight is 334 g/mol. The first kappa shape index (κ1) is 17.3. The van der Waals surface area contributed by atoms with Crippen molar-refractivity contribution in [3.63, 3.8) is 0 Å². The van der Waals surface area contributed by atoms with E-state index in [0.717, 1.165) is 11.1 Å². The normalized spacial score (nSPS) is 21.8. The van der Waals surface area contributed by atoms with Crippen LogP contribution in [0.5, 0.6) is 0 Å². The van der Waals surface area contributed by atoms with Gasteiger partial charge in [-0.3, -0.25) is 9.59 Å². The van der Waals surface area contributed by atoms with Crippen LogP contribution in [0.3, 0.4) is 0 Å². The number of Topliss-reactive ketones (excluding diaryl/α,β-unsaturated/α-hetero) is 2. The Morgan fingerprint density at radius 3 is 1.96 bits per heavy atom. The van der Waals surface area contributed by atoms with Crippen molar-refractivity contribution in [1.29, 1.82) is 0 Å². The zero-order valence-electron chi connectivity index (χ0n) is 15.1. The maximum Gasteiger partial charge on any atom is 0.200 e. The van der Waals surface area contributed by atoms with Gasteiger partial charge in [0, 0.05) is 18.2 Å². The Labute approximate surface area is 148 Å². The van der Waals surface area contributed by atoms with E-state index in [-0.39, 0.29) is 11.6 Å². The first-order valence-electron chi connectivity index (χ1n) is 8.27. The van der Waals surface area contributed by atoms with Crippen molar-refractivity contribution in [3.05, 3.63) is 77.4 Å². The van der Waals surface area contributed by atoms with E-state index in [2.05, 4.69) is 6.58 Å². The molecule has 1 unspecified atom stereocenters. The molecule has 0 saturated heterocycles. The number of hydrogen-bond donors (Lipinski definition) is 0. The number of rotatable bonds is 3. The first-order valence-corrected chi connectivity index (χ1v) is 8.27. The summed E-state index contributed by atoms with van der Waals surface area (Å²) in [5.74, 6) is -0.335. The Morgan fingerprint density at radius 1 is 0.920 bits per heavy atom. The number of fused-ring (bicyclic) bond motifs is 1. The molecule has 3 rings (SSSR count). The van der Waals surface area contributed by atoms with E-state index >= 15 is 0 Å². The van der Waals surface area contributed by atoms with Crippen LogP contribution in [0.15, 0.2) is 55.1 Å². The van der Waals surface area contributed by atoms with Gasteiger partial charge < -0.3 is 4.74 Å². The van der Waals surface area contributed by atoms with Crippen molar-refractivity contribution >= 4 is 17.1 Å². The summed E-state index contributed by atoms with van der Waals surface area (Å²) in [6, 6.07) is 14.7. The second-order valence-corrected chi connectivity index (χ2v) is 7.06. The smallest absolute Gasteiger partial charge is 0.200 e. The molecule has 0 radical (unpaired) electrons. The Kier molecular flexibility index (Phi) is 4.00. The van der Waals surface area contributed by atoms with Crippen molar-refractivity contribution in [2.45, 2.75) is 26.4 Å². The molecule has 3 heteroatoms. The molecule has 0 saturated carbocycles. The highest BCUT2D eigenvalue weighted by Crippen LogP contribution is 2.50. The molecule has 1 atom stereocenters. The van der Waals surface area contributed by atoms with E-state index < -0.39 is 11.0 Å². The molecule has 0 fully saturated rings. The maximum atomic E-state index is 13.5. The summed E-state index contributed by atoms with van der Waals surface area (Å²) in [4.78, 5) is 26.6. The molecule has 2 aromatic carbocycles. The van der Waals surface area contributed by atoms with E-state index in [1.807, 2.05) is 31.2 Å². The average Bonchev–Trinajstić information content (AvgIpc) is 2.61. The molecule has 0 spiro atoms. The van der Waals surface area contributed by atoms with Gasteiger partial charge in [0.15, 0.2) is 11.4 Å². The molecule has 0 heterocycles. The van der Waals surface area contributed by atoms with E-state index in [1.54, 1.807) is 38.1 Å². The lowest BCUT2D eigenvalue weighted by atomic mass is 9.58. The predicted octanol–water partition coefficient (Wildman–Crippen LogP) is 4.50. The Morgan fingerprint density at radius 2 is 1.44 bits per heavy atom. The number of methoxy groups -OCH3 is 1. The quantitative estimate of drug-likeness (QED) is 0.830. The molecule has 1 aliphatic rings. The fraction of sp³-hybridized carbons (Fsp3) is 0.273. The summed E-state index contributed by atoms with van der Waals surface area (Å²) in [5.41, 5.74) is 0.736.